The number of halogens is 1. The summed E-state index contributed by atoms with van der Waals surface area (Å²) < 4.78 is 5.28. The Kier molecular flexibility index (Phi) is 6.70. The van der Waals surface area contributed by atoms with Crippen molar-refractivity contribution in [3.8, 4) is 5.75 Å². The molecule has 150 valence electrons. The fraction of sp³-hybridized carbons (Fsp3) is 0.450. The average molecular weight is 404 g/mol. The van der Waals surface area contributed by atoms with Gasteiger partial charge in [-0.3, -0.25) is 9.69 Å². The molecule has 0 unspecified atom stereocenters. The first-order valence-electron chi connectivity index (χ1n) is 9.43. The van der Waals surface area contributed by atoms with Gasteiger partial charge in [-0.25, -0.2) is 9.97 Å². The SMILES string of the molecule is CCc1c(C)ncnc1N1CCN(CC(=O)Nc2cc(Cl)ccc2OC)CC1. The molecule has 0 spiro atoms. The molecule has 0 bridgehead atoms. The average Bonchev–Trinajstić information content (AvgIpc) is 2.68. The number of amides is 1. The summed E-state index contributed by atoms with van der Waals surface area (Å²) >= 11 is 6.03. The van der Waals surface area contributed by atoms with Crippen molar-refractivity contribution in [3.05, 3.63) is 40.8 Å². The second-order valence-corrected chi connectivity index (χ2v) is 7.21. The number of methoxy groups -OCH3 is 1. The fourth-order valence-electron chi connectivity index (χ4n) is 3.46. The van der Waals surface area contributed by atoms with Crippen molar-refractivity contribution in [1.82, 2.24) is 14.9 Å². The lowest BCUT2D eigenvalue weighted by Gasteiger charge is -2.36. The van der Waals surface area contributed by atoms with Gasteiger partial charge in [-0.15, -0.1) is 0 Å². The molecule has 7 nitrogen and oxygen atoms in total. The lowest BCUT2D eigenvalue weighted by molar-refractivity contribution is -0.117. The van der Waals surface area contributed by atoms with Crippen LogP contribution in [0.5, 0.6) is 5.75 Å². The van der Waals surface area contributed by atoms with Crippen LogP contribution >= 0.6 is 11.6 Å². The minimum absolute atomic E-state index is 0.0823. The summed E-state index contributed by atoms with van der Waals surface area (Å²) in [6.07, 6.45) is 2.54. The first kappa shape index (κ1) is 20.4. The van der Waals surface area contributed by atoms with Crippen LogP contribution in [0.3, 0.4) is 0 Å². The largest absolute Gasteiger partial charge is 0.495 e. The molecule has 28 heavy (non-hydrogen) atoms. The molecule has 0 atom stereocenters. The Bertz CT molecular complexity index is 837. The molecule has 1 aromatic carbocycles. The Morgan fingerprint density at radius 1 is 1.25 bits per heavy atom. The molecule has 1 aliphatic rings. The van der Waals surface area contributed by atoms with Crippen LogP contribution in [0, 0.1) is 6.92 Å². The number of anilines is 2. The van der Waals surface area contributed by atoms with Gasteiger partial charge in [-0.05, 0) is 31.5 Å². The quantitative estimate of drug-likeness (QED) is 0.799. The Morgan fingerprint density at radius 3 is 2.68 bits per heavy atom. The third-order valence-electron chi connectivity index (χ3n) is 4.97. The molecule has 0 saturated carbocycles. The van der Waals surface area contributed by atoms with Crippen LogP contribution in [0.2, 0.25) is 5.02 Å². The van der Waals surface area contributed by atoms with Crippen LogP contribution in [-0.4, -0.2) is 60.6 Å². The molecule has 0 radical (unpaired) electrons. The maximum absolute atomic E-state index is 12.5. The maximum Gasteiger partial charge on any atom is 0.238 e. The number of hydrogen-bond donors (Lipinski definition) is 1. The number of ether oxygens (including phenoxy) is 1. The van der Waals surface area contributed by atoms with E-state index in [9.17, 15) is 4.79 Å². The Balaban J connectivity index is 1.57. The number of nitrogens with zero attached hydrogens (tertiary/aromatic N) is 4. The van der Waals surface area contributed by atoms with Gasteiger partial charge in [0.2, 0.25) is 5.91 Å². The Hall–Kier alpha value is -2.38. The van der Waals surface area contributed by atoms with Gasteiger partial charge in [0.15, 0.2) is 0 Å². The molecule has 1 amide bonds. The summed E-state index contributed by atoms with van der Waals surface area (Å²) in [5.74, 6) is 1.53. The number of benzene rings is 1. The first-order valence-corrected chi connectivity index (χ1v) is 9.80. The van der Waals surface area contributed by atoms with Crippen molar-refractivity contribution in [2.75, 3.05) is 50.1 Å². The minimum atomic E-state index is -0.0823. The summed E-state index contributed by atoms with van der Waals surface area (Å²) in [6, 6.07) is 5.17. The van der Waals surface area contributed by atoms with Crippen molar-refractivity contribution in [2.45, 2.75) is 20.3 Å². The number of aryl methyl sites for hydroxylation is 1. The number of nitrogens with one attached hydrogen (secondary N) is 1. The number of rotatable bonds is 6. The molecule has 8 heteroatoms. The van der Waals surface area contributed by atoms with Gasteiger partial charge >= 0.3 is 0 Å². The van der Waals surface area contributed by atoms with E-state index in [1.165, 1.54) is 5.56 Å². The predicted octanol–water partition coefficient (Wildman–Crippen LogP) is 2.77. The topological polar surface area (TPSA) is 70.6 Å². The summed E-state index contributed by atoms with van der Waals surface area (Å²) in [5.41, 5.74) is 2.81. The number of hydrogen-bond acceptors (Lipinski definition) is 6. The highest BCUT2D eigenvalue weighted by atomic mass is 35.5. The summed E-state index contributed by atoms with van der Waals surface area (Å²) in [6.45, 7) is 7.73. The monoisotopic (exact) mass is 403 g/mol. The van der Waals surface area contributed by atoms with Crippen LogP contribution in [0.4, 0.5) is 11.5 Å². The van der Waals surface area contributed by atoms with E-state index in [-0.39, 0.29) is 5.91 Å². The lowest BCUT2D eigenvalue weighted by Crippen LogP contribution is -2.49. The number of carbonyl (C=O) groups excluding carboxylic acids is 1. The van der Waals surface area contributed by atoms with Crippen LogP contribution < -0.4 is 15.0 Å². The molecule has 1 aliphatic heterocycles. The molecular formula is C20H26ClN5O2. The molecule has 1 N–H and O–H groups in total. The van der Waals surface area contributed by atoms with Gasteiger partial charge in [0.05, 0.1) is 19.3 Å². The van der Waals surface area contributed by atoms with E-state index >= 15 is 0 Å². The molecular weight excluding hydrogens is 378 g/mol. The number of carbonyl (C=O) groups is 1. The predicted molar refractivity (Wildman–Crippen MR) is 111 cm³/mol. The zero-order valence-corrected chi connectivity index (χ0v) is 17.3. The summed E-state index contributed by atoms with van der Waals surface area (Å²) in [7, 11) is 1.57. The van der Waals surface area contributed by atoms with E-state index < -0.39 is 0 Å². The van der Waals surface area contributed by atoms with Gasteiger partial charge in [0.25, 0.3) is 0 Å². The van der Waals surface area contributed by atoms with Crippen molar-refractivity contribution < 1.29 is 9.53 Å². The van der Waals surface area contributed by atoms with E-state index in [4.69, 9.17) is 16.3 Å². The third-order valence-corrected chi connectivity index (χ3v) is 5.20. The smallest absolute Gasteiger partial charge is 0.238 e. The fourth-order valence-corrected chi connectivity index (χ4v) is 3.63. The van der Waals surface area contributed by atoms with Crippen molar-refractivity contribution in [3.63, 3.8) is 0 Å². The minimum Gasteiger partial charge on any atom is -0.495 e. The van der Waals surface area contributed by atoms with E-state index in [1.807, 2.05) is 6.92 Å². The maximum atomic E-state index is 12.5. The van der Waals surface area contributed by atoms with Gasteiger partial charge in [-0.2, -0.15) is 0 Å². The highest BCUT2D eigenvalue weighted by Crippen LogP contribution is 2.27. The zero-order valence-electron chi connectivity index (χ0n) is 16.5. The molecule has 2 heterocycles. The van der Waals surface area contributed by atoms with Crippen molar-refractivity contribution in [2.24, 2.45) is 0 Å². The zero-order chi connectivity index (χ0) is 20.1. The molecule has 1 aromatic heterocycles. The molecule has 0 aliphatic carbocycles. The third kappa shape index (κ3) is 4.72. The molecule has 3 rings (SSSR count). The van der Waals surface area contributed by atoms with Crippen LogP contribution in [0.25, 0.3) is 0 Å². The molecule has 2 aromatic rings. The van der Waals surface area contributed by atoms with Crippen molar-refractivity contribution in [1.29, 1.82) is 0 Å². The Labute approximate surface area is 170 Å². The Morgan fingerprint density at radius 2 is 2.00 bits per heavy atom. The molecule has 1 fully saturated rings. The van der Waals surface area contributed by atoms with E-state index in [0.717, 1.165) is 44.1 Å². The van der Waals surface area contributed by atoms with E-state index in [1.54, 1.807) is 31.6 Å². The molecule has 1 saturated heterocycles. The van der Waals surface area contributed by atoms with Gasteiger partial charge < -0.3 is 15.0 Å². The van der Waals surface area contributed by atoms with Crippen LogP contribution in [-0.2, 0) is 11.2 Å². The lowest BCUT2D eigenvalue weighted by atomic mass is 10.1. The van der Waals surface area contributed by atoms with Gasteiger partial charge in [0, 0.05) is 42.5 Å². The summed E-state index contributed by atoms with van der Waals surface area (Å²) in [4.78, 5) is 25.7. The van der Waals surface area contributed by atoms with E-state index in [2.05, 4.69) is 32.0 Å². The van der Waals surface area contributed by atoms with Gasteiger partial charge in [-0.1, -0.05) is 18.5 Å². The van der Waals surface area contributed by atoms with Gasteiger partial charge in [0.1, 0.15) is 17.9 Å². The second-order valence-electron chi connectivity index (χ2n) is 6.77. The number of piperazine rings is 1. The summed E-state index contributed by atoms with van der Waals surface area (Å²) in [5, 5.41) is 3.45. The first-order chi connectivity index (χ1) is 13.5. The van der Waals surface area contributed by atoms with Crippen LogP contribution in [0.1, 0.15) is 18.2 Å². The normalized spacial score (nSPS) is 14.8. The highest BCUT2D eigenvalue weighted by Gasteiger charge is 2.22. The number of aromatic nitrogens is 2. The van der Waals surface area contributed by atoms with Crippen LogP contribution in [0.15, 0.2) is 24.5 Å². The second kappa shape index (κ2) is 9.21. The van der Waals surface area contributed by atoms with E-state index in [0.29, 0.717) is 23.0 Å². The standard InChI is InChI=1S/C20H26ClN5O2/c1-4-16-14(2)22-13-23-20(16)26-9-7-25(8-10-26)12-19(27)24-17-11-15(21)5-6-18(17)28-3/h5-6,11,13H,4,7-10,12H2,1-3H3,(H,24,27). The van der Waals surface area contributed by atoms with Crippen molar-refractivity contribution >= 4 is 29.0 Å². The highest BCUT2D eigenvalue weighted by molar-refractivity contribution is 6.31.